The molecule has 1 fully saturated rings. The van der Waals surface area contributed by atoms with Crippen LogP contribution in [-0.4, -0.2) is 51.1 Å². The standard InChI is InChI=1S/C23H22ClFN4O4/c24-16-6-3-4-13(20(16)25)11-27-22(32)21-18(30)8-9-28(21)19(31)10-14-12-29(23(26)33)17-7-2-1-5-15(14)17/h1-7,12,18,21,30H,8-11H2,(H2,26,33)(H,27,32)/t18-,21+/m1/s1. The summed E-state index contributed by atoms with van der Waals surface area (Å²) < 4.78 is 15.4. The monoisotopic (exact) mass is 472 g/mol. The van der Waals surface area contributed by atoms with Crippen LogP contribution in [0.1, 0.15) is 17.5 Å². The van der Waals surface area contributed by atoms with Crippen LogP contribution in [0.15, 0.2) is 48.7 Å². The molecule has 0 aliphatic carbocycles. The molecule has 0 radical (unpaired) electrons. The van der Waals surface area contributed by atoms with Gasteiger partial charge >= 0.3 is 6.03 Å². The number of para-hydroxylation sites is 1. The maximum atomic E-state index is 14.1. The summed E-state index contributed by atoms with van der Waals surface area (Å²) in [5.74, 6) is -1.61. The van der Waals surface area contributed by atoms with E-state index in [0.29, 0.717) is 16.5 Å². The molecule has 0 spiro atoms. The number of aromatic nitrogens is 1. The van der Waals surface area contributed by atoms with Gasteiger partial charge in [-0.25, -0.2) is 9.18 Å². The number of primary amides is 1. The molecule has 0 bridgehead atoms. The maximum absolute atomic E-state index is 14.1. The van der Waals surface area contributed by atoms with Gasteiger partial charge in [-0.15, -0.1) is 0 Å². The van der Waals surface area contributed by atoms with Crippen LogP contribution in [0.2, 0.25) is 5.02 Å². The van der Waals surface area contributed by atoms with Crippen LogP contribution < -0.4 is 11.1 Å². The molecular formula is C23H22ClFN4O4. The fraction of sp³-hybridized carbons (Fsp3) is 0.261. The number of likely N-dealkylation sites (tertiary alicyclic amines) is 1. The van der Waals surface area contributed by atoms with Crippen LogP contribution in [0.3, 0.4) is 0 Å². The molecule has 2 heterocycles. The van der Waals surface area contributed by atoms with Crippen molar-refractivity contribution in [3.05, 3.63) is 70.6 Å². The van der Waals surface area contributed by atoms with E-state index >= 15 is 0 Å². The van der Waals surface area contributed by atoms with E-state index in [0.717, 1.165) is 0 Å². The molecule has 4 N–H and O–H groups in total. The van der Waals surface area contributed by atoms with Gasteiger partial charge in [0, 0.05) is 30.2 Å². The van der Waals surface area contributed by atoms with E-state index in [9.17, 15) is 23.9 Å². The summed E-state index contributed by atoms with van der Waals surface area (Å²) in [4.78, 5) is 39.0. The van der Waals surface area contributed by atoms with Crippen LogP contribution in [0, 0.1) is 5.82 Å². The van der Waals surface area contributed by atoms with Gasteiger partial charge in [0.25, 0.3) is 0 Å². The number of hydrogen-bond donors (Lipinski definition) is 3. The second kappa shape index (κ2) is 9.21. The number of amides is 3. The van der Waals surface area contributed by atoms with Crippen molar-refractivity contribution < 1.29 is 23.9 Å². The molecule has 172 valence electrons. The molecule has 33 heavy (non-hydrogen) atoms. The number of nitrogens with one attached hydrogen (secondary N) is 1. The van der Waals surface area contributed by atoms with Gasteiger partial charge in [0.1, 0.15) is 11.9 Å². The normalized spacial score (nSPS) is 18.0. The Balaban J connectivity index is 1.51. The van der Waals surface area contributed by atoms with Crippen molar-refractivity contribution in [1.29, 1.82) is 0 Å². The van der Waals surface area contributed by atoms with Crippen molar-refractivity contribution in [2.24, 2.45) is 5.73 Å². The molecule has 1 aromatic heterocycles. The summed E-state index contributed by atoms with van der Waals surface area (Å²) in [6.07, 6.45) is 0.609. The SMILES string of the molecule is NC(=O)n1cc(CC(=O)N2CC[C@@H](O)[C@H]2C(=O)NCc2cccc(Cl)c2F)c2ccccc21. The van der Waals surface area contributed by atoms with Crippen LogP contribution in [0.5, 0.6) is 0 Å². The Morgan fingerprint density at radius 2 is 1.91 bits per heavy atom. The smallest absolute Gasteiger partial charge is 0.323 e. The van der Waals surface area contributed by atoms with Gasteiger partial charge in [0.2, 0.25) is 11.8 Å². The van der Waals surface area contributed by atoms with E-state index in [1.165, 1.54) is 27.8 Å². The molecule has 1 aliphatic heterocycles. The number of carbonyl (C=O) groups is 3. The van der Waals surface area contributed by atoms with Gasteiger partial charge in [-0.2, -0.15) is 0 Å². The Labute approximate surface area is 193 Å². The first-order valence-electron chi connectivity index (χ1n) is 10.3. The van der Waals surface area contributed by atoms with Crippen LogP contribution in [0.25, 0.3) is 10.9 Å². The number of carbonyl (C=O) groups excluding carboxylic acids is 3. The van der Waals surface area contributed by atoms with Crippen LogP contribution in [0.4, 0.5) is 9.18 Å². The number of aliphatic hydroxyl groups is 1. The minimum Gasteiger partial charge on any atom is -0.390 e. The van der Waals surface area contributed by atoms with Crippen molar-refractivity contribution in [3.63, 3.8) is 0 Å². The highest BCUT2D eigenvalue weighted by atomic mass is 35.5. The lowest BCUT2D eigenvalue weighted by Crippen LogP contribution is -2.50. The predicted molar refractivity (Wildman–Crippen MR) is 120 cm³/mol. The van der Waals surface area contributed by atoms with Gasteiger partial charge in [-0.1, -0.05) is 41.9 Å². The van der Waals surface area contributed by atoms with Crippen molar-refractivity contribution in [2.45, 2.75) is 31.5 Å². The number of nitrogens with zero attached hydrogens (tertiary/aromatic N) is 2. The number of hydrogen-bond acceptors (Lipinski definition) is 4. The van der Waals surface area contributed by atoms with Gasteiger partial charge in [0.15, 0.2) is 0 Å². The van der Waals surface area contributed by atoms with Crippen LogP contribution >= 0.6 is 11.6 Å². The van der Waals surface area contributed by atoms with Crippen molar-refractivity contribution >= 4 is 40.3 Å². The zero-order chi connectivity index (χ0) is 23.7. The Morgan fingerprint density at radius 1 is 1.15 bits per heavy atom. The lowest BCUT2D eigenvalue weighted by molar-refractivity contribution is -0.140. The van der Waals surface area contributed by atoms with Gasteiger partial charge in [-0.3, -0.25) is 14.2 Å². The molecule has 4 rings (SSSR count). The van der Waals surface area contributed by atoms with Crippen molar-refractivity contribution in [1.82, 2.24) is 14.8 Å². The third-order valence-electron chi connectivity index (χ3n) is 5.81. The average molecular weight is 473 g/mol. The Hall–Kier alpha value is -3.43. The van der Waals surface area contributed by atoms with Gasteiger partial charge in [-0.05, 0) is 24.1 Å². The first-order valence-corrected chi connectivity index (χ1v) is 10.7. The van der Waals surface area contributed by atoms with E-state index in [1.807, 2.05) is 0 Å². The highest BCUT2D eigenvalue weighted by molar-refractivity contribution is 6.30. The van der Waals surface area contributed by atoms with E-state index in [-0.39, 0.29) is 42.4 Å². The first-order chi connectivity index (χ1) is 15.8. The maximum Gasteiger partial charge on any atom is 0.323 e. The van der Waals surface area contributed by atoms with E-state index in [2.05, 4.69) is 5.32 Å². The molecule has 0 saturated carbocycles. The lowest BCUT2D eigenvalue weighted by atomic mass is 10.1. The number of halogens is 2. The molecule has 3 amide bonds. The molecular weight excluding hydrogens is 451 g/mol. The van der Waals surface area contributed by atoms with Gasteiger partial charge in [0.05, 0.1) is 23.1 Å². The zero-order valence-corrected chi connectivity index (χ0v) is 18.3. The Kier molecular flexibility index (Phi) is 6.35. The number of rotatable bonds is 5. The molecule has 1 aliphatic rings. The first kappa shape index (κ1) is 22.8. The molecule has 10 heteroatoms. The quantitative estimate of drug-likeness (QED) is 0.527. The molecule has 0 unspecified atom stereocenters. The van der Waals surface area contributed by atoms with E-state index in [4.69, 9.17) is 17.3 Å². The Bertz CT molecular complexity index is 1240. The predicted octanol–water partition coefficient (Wildman–Crippen LogP) is 2.18. The van der Waals surface area contributed by atoms with Crippen molar-refractivity contribution in [3.8, 4) is 0 Å². The third kappa shape index (κ3) is 4.42. The largest absolute Gasteiger partial charge is 0.390 e. The summed E-state index contributed by atoms with van der Waals surface area (Å²) in [5.41, 5.74) is 6.79. The van der Waals surface area contributed by atoms with Gasteiger partial charge < -0.3 is 21.1 Å². The fourth-order valence-electron chi connectivity index (χ4n) is 4.18. The minimum atomic E-state index is -1.11. The minimum absolute atomic E-state index is 0.0606. The average Bonchev–Trinajstić information content (AvgIpc) is 3.35. The molecule has 2 atom stereocenters. The van der Waals surface area contributed by atoms with Crippen molar-refractivity contribution in [2.75, 3.05) is 6.54 Å². The number of fused-ring (bicyclic) bond motifs is 1. The lowest BCUT2D eigenvalue weighted by Gasteiger charge is -2.25. The highest BCUT2D eigenvalue weighted by Gasteiger charge is 2.41. The topological polar surface area (TPSA) is 118 Å². The Morgan fingerprint density at radius 3 is 2.67 bits per heavy atom. The van der Waals surface area contributed by atoms with E-state index in [1.54, 1.807) is 30.3 Å². The number of aliphatic hydroxyl groups excluding tert-OH is 1. The molecule has 2 aromatic carbocycles. The van der Waals surface area contributed by atoms with Crippen LogP contribution in [-0.2, 0) is 22.6 Å². The summed E-state index contributed by atoms with van der Waals surface area (Å²) >= 11 is 5.77. The summed E-state index contributed by atoms with van der Waals surface area (Å²) in [6, 6.07) is 9.72. The second-order valence-electron chi connectivity index (χ2n) is 7.88. The summed E-state index contributed by atoms with van der Waals surface area (Å²) in [6.45, 7) is 0.0562. The summed E-state index contributed by atoms with van der Waals surface area (Å²) in [5, 5.41) is 13.6. The fourth-order valence-corrected chi connectivity index (χ4v) is 4.38. The highest BCUT2D eigenvalue weighted by Crippen LogP contribution is 2.25. The van der Waals surface area contributed by atoms with E-state index < -0.39 is 29.9 Å². The number of benzene rings is 2. The number of nitrogens with two attached hydrogens (primary N) is 1. The molecule has 8 nitrogen and oxygen atoms in total. The summed E-state index contributed by atoms with van der Waals surface area (Å²) in [7, 11) is 0. The second-order valence-corrected chi connectivity index (χ2v) is 8.28. The zero-order valence-electron chi connectivity index (χ0n) is 17.5. The third-order valence-corrected chi connectivity index (χ3v) is 6.11. The molecule has 1 saturated heterocycles. The molecule has 3 aromatic rings.